The lowest BCUT2D eigenvalue weighted by atomic mass is 10.1. The number of hydrogen-bond donors (Lipinski definition) is 1. The molecule has 2 nitrogen and oxygen atoms in total. The number of allylic oxidation sites excluding steroid dienone is 2. The zero-order valence-corrected chi connectivity index (χ0v) is 11.7. The van der Waals surface area contributed by atoms with Crippen LogP contribution in [-0.2, 0) is 6.54 Å². The van der Waals surface area contributed by atoms with E-state index in [1.807, 2.05) is 12.1 Å². The van der Waals surface area contributed by atoms with E-state index in [-0.39, 0.29) is 0 Å². The molecule has 0 amide bonds. The SMILES string of the molecule is S=c1[nH]c2c(Cl)cccc2n1CCC1=CCCC1. The highest BCUT2D eigenvalue weighted by Gasteiger charge is 2.09. The molecule has 1 aliphatic carbocycles. The van der Waals surface area contributed by atoms with Crippen LogP contribution in [-0.4, -0.2) is 9.55 Å². The smallest absolute Gasteiger partial charge is 0.178 e. The van der Waals surface area contributed by atoms with Crippen molar-refractivity contribution in [2.75, 3.05) is 0 Å². The van der Waals surface area contributed by atoms with Gasteiger partial charge in [0.25, 0.3) is 0 Å². The summed E-state index contributed by atoms with van der Waals surface area (Å²) in [4.78, 5) is 3.20. The molecule has 1 N–H and O–H groups in total. The van der Waals surface area contributed by atoms with Crippen LogP contribution >= 0.6 is 23.8 Å². The third-order valence-corrected chi connectivity index (χ3v) is 4.19. The summed E-state index contributed by atoms with van der Waals surface area (Å²) in [6, 6.07) is 5.92. The molecule has 0 spiro atoms. The number of rotatable bonds is 3. The lowest BCUT2D eigenvalue weighted by Crippen LogP contribution is -1.98. The van der Waals surface area contributed by atoms with Crippen molar-refractivity contribution in [3.8, 4) is 0 Å². The van der Waals surface area contributed by atoms with Crippen LogP contribution in [0.5, 0.6) is 0 Å². The molecule has 1 aromatic carbocycles. The van der Waals surface area contributed by atoms with E-state index in [0.29, 0.717) is 0 Å². The Kier molecular flexibility index (Phi) is 3.27. The van der Waals surface area contributed by atoms with Crippen molar-refractivity contribution in [3.05, 3.63) is 39.6 Å². The number of para-hydroxylation sites is 1. The number of nitrogens with one attached hydrogen (secondary N) is 1. The Morgan fingerprint density at radius 2 is 2.28 bits per heavy atom. The van der Waals surface area contributed by atoms with Gasteiger partial charge in [-0.25, -0.2) is 0 Å². The summed E-state index contributed by atoms with van der Waals surface area (Å²) >= 11 is 11.5. The maximum Gasteiger partial charge on any atom is 0.178 e. The summed E-state index contributed by atoms with van der Waals surface area (Å²) in [6.45, 7) is 0.936. The number of nitrogens with zero attached hydrogens (tertiary/aromatic N) is 1. The summed E-state index contributed by atoms with van der Waals surface area (Å²) in [5, 5.41) is 0.734. The van der Waals surface area contributed by atoms with E-state index in [0.717, 1.165) is 33.8 Å². The van der Waals surface area contributed by atoms with Crippen LogP contribution < -0.4 is 0 Å². The van der Waals surface area contributed by atoms with Crippen LogP contribution in [0.4, 0.5) is 0 Å². The molecule has 4 heteroatoms. The monoisotopic (exact) mass is 278 g/mol. The van der Waals surface area contributed by atoms with Gasteiger partial charge < -0.3 is 9.55 Å². The molecule has 0 unspecified atom stereocenters. The van der Waals surface area contributed by atoms with Gasteiger partial charge in [-0.05, 0) is 50.0 Å². The van der Waals surface area contributed by atoms with Gasteiger partial charge in [0.1, 0.15) is 0 Å². The lowest BCUT2D eigenvalue weighted by Gasteiger charge is -2.05. The second-order valence-corrected chi connectivity index (χ2v) is 5.51. The van der Waals surface area contributed by atoms with Gasteiger partial charge in [-0.15, -0.1) is 0 Å². The quantitative estimate of drug-likeness (QED) is 0.628. The summed E-state index contributed by atoms with van der Waals surface area (Å²) in [5.41, 5.74) is 3.61. The third-order valence-electron chi connectivity index (χ3n) is 3.55. The van der Waals surface area contributed by atoms with Crippen LogP contribution in [0.25, 0.3) is 11.0 Å². The Hall–Kier alpha value is -1.06. The topological polar surface area (TPSA) is 20.7 Å². The van der Waals surface area contributed by atoms with Crippen molar-refractivity contribution < 1.29 is 0 Å². The average Bonchev–Trinajstić information content (AvgIpc) is 2.95. The van der Waals surface area contributed by atoms with Crippen LogP contribution in [0.3, 0.4) is 0 Å². The highest BCUT2D eigenvalue weighted by molar-refractivity contribution is 7.71. The van der Waals surface area contributed by atoms with Crippen LogP contribution in [0.15, 0.2) is 29.8 Å². The predicted molar refractivity (Wildman–Crippen MR) is 78.7 cm³/mol. The zero-order valence-electron chi connectivity index (χ0n) is 10.1. The largest absolute Gasteiger partial charge is 0.329 e. The molecular weight excluding hydrogens is 264 g/mol. The summed E-state index contributed by atoms with van der Waals surface area (Å²) in [7, 11) is 0. The van der Waals surface area contributed by atoms with Gasteiger partial charge >= 0.3 is 0 Å². The van der Waals surface area contributed by atoms with Gasteiger partial charge in [-0.3, -0.25) is 0 Å². The van der Waals surface area contributed by atoms with Crippen molar-refractivity contribution in [3.63, 3.8) is 0 Å². The first-order valence-corrected chi connectivity index (χ1v) is 7.09. The van der Waals surface area contributed by atoms with Crippen molar-refractivity contribution >= 4 is 34.9 Å². The normalized spacial score (nSPS) is 15.3. The van der Waals surface area contributed by atoms with Gasteiger partial charge in [0, 0.05) is 6.54 Å². The highest BCUT2D eigenvalue weighted by atomic mass is 35.5. The van der Waals surface area contributed by atoms with E-state index in [1.165, 1.54) is 19.3 Å². The van der Waals surface area contributed by atoms with Crippen molar-refractivity contribution in [2.24, 2.45) is 0 Å². The van der Waals surface area contributed by atoms with Crippen molar-refractivity contribution in [2.45, 2.75) is 32.2 Å². The number of halogens is 1. The number of hydrogen-bond acceptors (Lipinski definition) is 1. The van der Waals surface area contributed by atoms with Crippen molar-refractivity contribution in [1.82, 2.24) is 9.55 Å². The molecule has 0 saturated heterocycles. The van der Waals surface area contributed by atoms with E-state index in [4.69, 9.17) is 23.8 Å². The number of fused-ring (bicyclic) bond motifs is 1. The number of aryl methyl sites for hydroxylation is 1. The highest BCUT2D eigenvalue weighted by Crippen LogP contribution is 2.25. The third kappa shape index (κ3) is 2.13. The molecule has 3 rings (SSSR count). The Balaban J connectivity index is 1.93. The number of imidazole rings is 1. The molecule has 0 bridgehead atoms. The summed E-state index contributed by atoms with van der Waals surface area (Å²) in [5.74, 6) is 0. The number of benzene rings is 1. The Bertz CT molecular complexity index is 666. The van der Waals surface area contributed by atoms with Crippen molar-refractivity contribution in [1.29, 1.82) is 0 Å². The molecular formula is C14H15ClN2S. The molecule has 0 saturated carbocycles. The molecule has 1 heterocycles. The Labute approximate surface area is 116 Å². The molecule has 94 valence electrons. The van der Waals surface area contributed by atoms with Gasteiger partial charge in [0.05, 0.1) is 16.1 Å². The van der Waals surface area contributed by atoms with Gasteiger partial charge in [-0.1, -0.05) is 29.3 Å². The summed E-state index contributed by atoms with van der Waals surface area (Å²) < 4.78 is 2.91. The van der Waals surface area contributed by atoms with Crippen LogP contribution in [0.2, 0.25) is 5.02 Å². The molecule has 0 aliphatic heterocycles. The fourth-order valence-corrected chi connectivity index (χ4v) is 3.10. The minimum Gasteiger partial charge on any atom is -0.329 e. The Morgan fingerprint density at radius 3 is 3.06 bits per heavy atom. The number of aromatic nitrogens is 2. The van der Waals surface area contributed by atoms with Gasteiger partial charge in [0.2, 0.25) is 0 Å². The maximum atomic E-state index is 6.17. The minimum absolute atomic E-state index is 0.734. The summed E-state index contributed by atoms with van der Waals surface area (Å²) in [6.07, 6.45) is 7.25. The molecule has 0 atom stereocenters. The first kappa shape index (κ1) is 12.0. The molecule has 0 radical (unpaired) electrons. The minimum atomic E-state index is 0.734. The Morgan fingerprint density at radius 1 is 1.39 bits per heavy atom. The zero-order chi connectivity index (χ0) is 12.5. The molecule has 1 aromatic heterocycles. The molecule has 18 heavy (non-hydrogen) atoms. The number of aromatic amines is 1. The van der Waals surface area contributed by atoms with E-state index in [1.54, 1.807) is 5.57 Å². The first-order valence-electron chi connectivity index (χ1n) is 6.30. The first-order chi connectivity index (χ1) is 8.75. The van der Waals surface area contributed by atoms with E-state index < -0.39 is 0 Å². The number of H-pyrrole nitrogens is 1. The molecule has 0 fully saturated rings. The van der Waals surface area contributed by atoms with E-state index in [9.17, 15) is 0 Å². The van der Waals surface area contributed by atoms with Gasteiger partial charge in [0.15, 0.2) is 4.77 Å². The van der Waals surface area contributed by atoms with E-state index in [2.05, 4.69) is 21.7 Å². The standard InChI is InChI=1S/C14H15ClN2S/c15-11-6-3-7-12-13(11)16-14(18)17(12)9-8-10-4-1-2-5-10/h3-4,6-7H,1-2,5,8-9H2,(H,16,18). The second kappa shape index (κ2) is 4.90. The fourth-order valence-electron chi connectivity index (χ4n) is 2.59. The van der Waals surface area contributed by atoms with Crippen LogP contribution in [0, 0.1) is 4.77 Å². The molecule has 1 aliphatic rings. The lowest BCUT2D eigenvalue weighted by molar-refractivity contribution is 0.688. The fraction of sp³-hybridized carbons (Fsp3) is 0.357. The van der Waals surface area contributed by atoms with Gasteiger partial charge in [-0.2, -0.15) is 0 Å². The average molecular weight is 279 g/mol. The molecule has 2 aromatic rings. The van der Waals surface area contributed by atoms with E-state index >= 15 is 0 Å². The van der Waals surface area contributed by atoms with Crippen LogP contribution in [0.1, 0.15) is 25.7 Å². The second-order valence-electron chi connectivity index (χ2n) is 4.72. The predicted octanol–water partition coefficient (Wildman–Crippen LogP) is 4.85. The maximum absolute atomic E-state index is 6.17.